The molecule has 2 heterocycles. The lowest BCUT2D eigenvalue weighted by Gasteiger charge is -2.55. The topological polar surface area (TPSA) is 92.8 Å². The van der Waals surface area contributed by atoms with Gasteiger partial charge in [-0.15, -0.1) is 0 Å². The van der Waals surface area contributed by atoms with Crippen molar-refractivity contribution in [2.75, 3.05) is 27.2 Å². The van der Waals surface area contributed by atoms with E-state index in [2.05, 4.69) is 4.72 Å². The van der Waals surface area contributed by atoms with Crippen LogP contribution in [-0.4, -0.2) is 60.3 Å². The molecule has 5 rings (SSSR count). The number of sulfonamides is 1. The lowest BCUT2D eigenvalue weighted by Crippen LogP contribution is -2.63. The van der Waals surface area contributed by atoms with Crippen LogP contribution in [0.15, 0.2) is 35.2 Å². The van der Waals surface area contributed by atoms with E-state index in [1.54, 1.807) is 0 Å². The van der Waals surface area contributed by atoms with E-state index in [1.807, 2.05) is 19.0 Å². The van der Waals surface area contributed by atoms with E-state index in [-0.39, 0.29) is 39.7 Å². The van der Waals surface area contributed by atoms with E-state index in [0.29, 0.717) is 31.2 Å². The van der Waals surface area contributed by atoms with Crippen LogP contribution in [0.25, 0.3) is 0 Å². The third-order valence-electron chi connectivity index (χ3n) is 8.81. The van der Waals surface area contributed by atoms with Gasteiger partial charge in [-0.05, 0) is 89.0 Å². The van der Waals surface area contributed by atoms with E-state index in [9.17, 15) is 30.0 Å². The Morgan fingerprint density at radius 2 is 1.81 bits per heavy atom. The summed E-state index contributed by atoms with van der Waals surface area (Å²) in [6.07, 6.45) is -4.23. The summed E-state index contributed by atoms with van der Waals surface area (Å²) in [7, 11) is -4.80. The van der Waals surface area contributed by atoms with Crippen LogP contribution in [0.2, 0.25) is 5.02 Å². The Labute approximate surface area is 253 Å². The summed E-state index contributed by atoms with van der Waals surface area (Å²) in [6, 6.07) is 2.83. The quantitative estimate of drug-likeness (QED) is 0.310. The van der Waals surface area contributed by atoms with Crippen molar-refractivity contribution in [1.29, 1.82) is 0 Å². The molecule has 1 saturated heterocycles. The number of benzene rings is 2. The molecule has 2 aromatic rings. The number of nitrogens with one attached hydrogen (secondary N) is 1. The summed E-state index contributed by atoms with van der Waals surface area (Å²) < 4.78 is 132. The lowest BCUT2D eigenvalue weighted by atomic mass is 9.64. The summed E-state index contributed by atoms with van der Waals surface area (Å²) in [5, 5.41) is -1.55. The Morgan fingerprint density at radius 1 is 1.16 bits per heavy atom. The van der Waals surface area contributed by atoms with Gasteiger partial charge in [0, 0.05) is 12.0 Å². The molecule has 5 atom stereocenters. The van der Waals surface area contributed by atoms with Crippen molar-refractivity contribution in [1.82, 2.24) is 9.62 Å². The molecule has 2 aliphatic heterocycles. The summed E-state index contributed by atoms with van der Waals surface area (Å²) in [5.41, 5.74) is -1.69. The first-order chi connectivity index (χ1) is 19.5. The fraction of sp³-hybridized carbons (Fsp3) is 0.571. The van der Waals surface area contributed by atoms with Crippen molar-refractivity contribution in [3.8, 4) is 5.75 Å². The third-order valence-corrected chi connectivity index (χ3v) is 13.6. The number of alkyl halides is 3. The van der Waals surface area contributed by atoms with Gasteiger partial charge in [0.2, 0.25) is 10.0 Å². The van der Waals surface area contributed by atoms with Gasteiger partial charge in [-0.2, -0.15) is 13.2 Å². The maximum atomic E-state index is 15.9. The molecule has 0 aromatic heterocycles. The van der Waals surface area contributed by atoms with Gasteiger partial charge in [-0.25, -0.2) is 30.3 Å². The normalized spacial score (nSPS) is 28.2. The second kappa shape index (κ2) is 11.7. The van der Waals surface area contributed by atoms with Crippen LogP contribution in [0.5, 0.6) is 5.75 Å². The molecule has 240 valence electrons. The Balaban J connectivity index is 0.00000423. The van der Waals surface area contributed by atoms with Gasteiger partial charge in [-0.1, -0.05) is 19.0 Å². The average Bonchev–Trinajstić information content (AvgIpc) is 2.90. The minimum atomic E-state index is -4.74. The zero-order chi connectivity index (χ0) is 30.8. The Hall–Kier alpha value is -2.00. The van der Waals surface area contributed by atoms with Crippen LogP contribution in [0.1, 0.15) is 50.7 Å². The number of fused-ring (bicyclic) bond motifs is 5. The molecule has 1 saturated carbocycles. The molecule has 0 amide bonds. The van der Waals surface area contributed by atoms with Crippen LogP contribution in [-0.2, 0) is 30.8 Å². The Kier molecular flexibility index (Phi) is 9.25. The highest BCUT2D eigenvalue weighted by Gasteiger charge is 2.64. The predicted molar refractivity (Wildman–Crippen MR) is 152 cm³/mol. The number of hydrogen-bond donors (Lipinski definition) is 1. The van der Waals surface area contributed by atoms with E-state index < -0.39 is 92.3 Å². The van der Waals surface area contributed by atoms with Gasteiger partial charge < -0.3 is 9.64 Å². The maximum absolute atomic E-state index is 15.9. The van der Waals surface area contributed by atoms with Crippen LogP contribution in [0, 0.1) is 23.5 Å². The number of hydrogen-bond acceptors (Lipinski definition) is 6. The number of halogens is 6. The number of sulfone groups is 1. The first-order valence-electron chi connectivity index (χ1n) is 13.4. The van der Waals surface area contributed by atoms with E-state index >= 15 is 8.78 Å². The Morgan fingerprint density at radius 3 is 2.42 bits per heavy atom. The molecular formula is C28H34ClF5N2O5S2. The monoisotopic (exact) mass is 672 g/mol. The molecule has 0 spiro atoms. The maximum Gasteiger partial charge on any atom is 0.416 e. The predicted octanol–water partition coefficient (Wildman–Crippen LogP) is 5.76. The van der Waals surface area contributed by atoms with Crippen molar-refractivity contribution < 1.29 is 43.5 Å². The van der Waals surface area contributed by atoms with Gasteiger partial charge in [-0.3, -0.25) is 0 Å². The van der Waals surface area contributed by atoms with Crippen molar-refractivity contribution in [3.05, 3.63) is 58.1 Å². The summed E-state index contributed by atoms with van der Waals surface area (Å²) in [4.78, 5) is 1.39. The van der Waals surface area contributed by atoms with Crippen LogP contribution in [0.4, 0.5) is 22.0 Å². The van der Waals surface area contributed by atoms with Crippen molar-refractivity contribution in [3.63, 3.8) is 0 Å². The van der Waals surface area contributed by atoms with Gasteiger partial charge in [0.25, 0.3) is 0 Å². The summed E-state index contributed by atoms with van der Waals surface area (Å²) >= 11 is 6.01. The van der Waals surface area contributed by atoms with E-state index in [1.165, 1.54) is 0 Å². The first kappa shape index (κ1) is 33.9. The van der Waals surface area contributed by atoms with E-state index in [0.717, 1.165) is 12.1 Å². The molecule has 1 aliphatic carbocycles. The van der Waals surface area contributed by atoms with Crippen molar-refractivity contribution in [2.24, 2.45) is 11.8 Å². The number of rotatable bonds is 6. The molecule has 0 bridgehead atoms. The highest BCUT2D eigenvalue weighted by Crippen LogP contribution is 2.60. The largest absolute Gasteiger partial charge is 0.490 e. The van der Waals surface area contributed by atoms with Crippen LogP contribution in [0.3, 0.4) is 0 Å². The van der Waals surface area contributed by atoms with Crippen LogP contribution < -0.4 is 9.46 Å². The molecule has 0 unspecified atom stereocenters. The van der Waals surface area contributed by atoms with E-state index in [4.69, 9.17) is 16.3 Å². The van der Waals surface area contributed by atoms with Gasteiger partial charge in [0.05, 0.1) is 32.9 Å². The molecule has 2 fully saturated rings. The van der Waals surface area contributed by atoms with Gasteiger partial charge in [0.1, 0.15) is 4.75 Å². The highest BCUT2D eigenvalue weighted by molar-refractivity contribution is 7.92. The minimum absolute atomic E-state index is 0. The second-order valence-corrected chi connectivity index (χ2v) is 16.1. The Bertz CT molecular complexity index is 1590. The summed E-state index contributed by atoms with van der Waals surface area (Å²) in [5.74, 6) is -4.63. The highest BCUT2D eigenvalue weighted by atomic mass is 35.5. The molecule has 1 N–H and O–H groups in total. The van der Waals surface area contributed by atoms with Crippen molar-refractivity contribution >= 4 is 31.5 Å². The average molecular weight is 673 g/mol. The molecular weight excluding hydrogens is 639 g/mol. The molecule has 0 radical (unpaired) electrons. The number of nitrogens with zero attached hydrogens (tertiary/aromatic N) is 1. The fourth-order valence-corrected chi connectivity index (χ4v) is 11.3. The van der Waals surface area contributed by atoms with Crippen LogP contribution >= 0.6 is 11.6 Å². The molecule has 7 nitrogen and oxygen atoms in total. The molecule has 2 aromatic carbocycles. The standard InChI is InChI=1S/C27H30ClF5N2O5S2.CH4/c1-35(2)11-3-4-17-12-18-19-14-40-25-21(29)13-20(28)24(30)23(25)26(19,10-9-22(18)34-42(17,38)39)41(36,37)16-7-5-15(6-8-16)27(31,32)33;/h5-8,13,17-19,22,34H,3-4,9-12,14H2,1-2H3;1H4/t17-,18+,19+,22-,26+;/m1./s1. The molecule has 15 heteroatoms. The van der Waals surface area contributed by atoms with Gasteiger partial charge in [0.15, 0.2) is 27.2 Å². The zero-order valence-electron chi connectivity index (χ0n) is 22.7. The minimum Gasteiger partial charge on any atom is -0.490 e. The molecule has 3 aliphatic rings. The summed E-state index contributed by atoms with van der Waals surface area (Å²) in [6.45, 7) is 0.243. The lowest BCUT2D eigenvalue weighted by molar-refractivity contribution is -0.137. The third kappa shape index (κ3) is 5.66. The van der Waals surface area contributed by atoms with Crippen molar-refractivity contribution in [2.45, 2.75) is 66.6 Å². The smallest absolute Gasteiger partial charge is 0.416 e. The zero-order valence-corrected chi connectivity index (χ0v) is 25.1. The van der Waals surface area contributed by atoms with Gasteiger partial charge >= 0.3 is 6.18 Å². The first-order valence-corrected chi connectivity index (χ1v) is 16.8. The second-order valence-electron chi connectivity index (χ2n) is 11.5. The number of ether oxygens (including phenoxy) is 1. The molecule has 43 heavy (non-hydrogen) atoms. The fourth-order valence-electron chi connectivity index (χ4n) is 6.86. The SMILES string of the molecule is C.CN(C)CCC[C@@H]1C[C@@H]2[C@@H](CC[C@@]3(S(=O)(=O)c4ccc(C(F)(F)F)cc4)c4c(F)c(Cl)cc(F)c4OC[C@@H]23)NS1(=O)=O.